The first-order valence-corrected chi connectivity index (χ1v) is 6.03. The number of hydrogen-bond donors (Lipinski definition) is 0. The number of benzene rings is 1. The molecular weight excluding hydrogens is 281 g/mol. The number of hydrogen-bond acceptors (Lipinski definition) is 1. The van der Waals surface area contributed by atoms with Gasteiger partial charge in [0.05, 0.1) is 5.56 Å². The first-order valence-electron chi connectivity index (χ1n) is 6.03. The van der Waals surface area contributed by atoms with Gasteiger partial charge >= 0.3 is 6.18 Å². The van der Waals surface area contributed by atoms with Crippen LogP contribution in [0.25, 0.3) is 0 Å². The number of nitrogens with zero attached hydrogens (tertiary/aromatic N) is 1. The van der Waals surface area contributed by atoms with Crippen molar-refractivity contribution >= 4 is 5.91 Å². The molecule has 1 aliphatic heterocycles. The van der Waals surface area contributed by atoms with Gasteiger partial charge in [-0.3, -0.25) is 4.79 Å². The second-order valence-corrected chi connectivity index (χ2v) is 4.73. The molecule has 0 saturated carbocycles. The number of amides is 1. The zero-order valence-electron chi connectivity index (χ0n) is 10.4. The van der Waals surface area contributed by atoms with E-state index in [1.54, 1.807) is 0 Å². The molecule has 0 aliphatic carbocycles. The van der Waals surface area contributed by atoms with Gasteiger partial charge in [-0.1, -0.05) is 6.07 Å². The van der Waals surface area contributed by atoms with Crippen LogP contribution in [-0.4, -0.2) is 29.8 Å². The number of rotatable bonds is 1. The molecule has 0 bridgehead atoms. The van der Waals surface area contributed by atoms with E-state index in [2.05, 4.69) is 0 Å². The van der Waals surface area contributed by atoms with Gasteiger partial charge in [-0.05, 0) is 18.2 Å². The lowest BCUT2D eigenvalue weighted by Crippen LogP contribution is -2.42. The highest BCUT2D eigenvalue weighted by atomic mass is 19.4. The lowest BCUT2D eigenvalue weighted by atomic mass is 10.0. The third-order valence-corrected chi connectivity index (χ3v) is 3.22. The Morgan fingerprint density at radius 3 is 2.30 bits per heavy atom. The van der Waals surface area contributed by atoms with Gasteiger partial charge in [0.2, 0.25) is 0 Å². The minimum absolute atomic E-state index is 0.134. The van der Waals surface area contributed by atoms with Crippen molar-refractivity contribution in [2.24, 2.45) is 0 Å². The molecule has 0 radical (unpaired) electrons. The summed E-state index contributed by atoms with van der Waals surface area (Å²) in [5, 5.41) is 0. The van der Waals surface area contributed by atoms with E-state index in [0.717, 1.165) is 23.1 Å². The van der Waals surface area contributed by atoms with E-state index >= 15 is 0 Å². The SMILES string of the molecule is O=C(c1cccc(C(F)(F)F)c1)N1CCC(F)(F)CC1. The summed E-state index contributed by atoms with van der Waals surface area (Å²) >= 11 is 0. The highest BCUT2D eigenvalue weighted by molar-refractivity contribution is 5.94. The molecule has 0 aromatic heterocycles. The van der Waals surface area contributed by atoms with Crippen LogP contribution in [0.1, 0.15) is 28.8 Å². The third-order valence-electron chi connectivity index (χ3n) is 3.22. The molecule has 1 fully saturated rings. The largest absolute Gasteiger partial charge is 0.416 e. The van der Waals surface area contributed by atoms with Gasteiger partial charge in [0.15, 0.2) is 0 Å². The monoisotopic (exact) mass is 293 g/mol. The summed E-state index contributed by atoms with van der Waals surface area (Å²) in [5.74, 6) is -3.45. The van der Waals surface area contributed by atoms with Crippen LogP contribution in [0.15, 0.2) is 24.3 Å². The van der Waals surface area contributed by atoms with Crippen molar-refractivity contribution in [2.45, 2.75) is 24.9 Å². The van der Waals surface area contributed by atoms with Crippen LogP contribution in [0.3, 0.4) is 0 Å². The Morgan fingerprint density at radius 2 is 1.75 bits per heavy atom. The Bertz CT molecular complexity index is 502. The van der Waals surface area contributed by atoms with Crippen LogP contribution >= 0.6 is 0 Å². The molecule has 2 nitrogen and oxygen atoms in total. The van der Waals surface area contributed by atoms with E-state index < -0.39 is 36.4 Å². The summed E-state index contributed by atoms with van der Waals surface area (Å²) in [6, 6.07) is 4.00. The first kappa shape index (κ1) is 14.7. The van der Waals surface area contributed by atoms with Gasteiger partial charge < -0.3 is 4.90 Å². The number of piperidine rings is 1. The van der Waals surface area contributed by atoms with Gasteiger partial charge in [0.1, 0.15) is 0 Å². The second kappa shape index (κ2) is 5.03. The molecule has 110 valence electrons. The molecule has 1 heterocycles. The van der Waals surface area contributed by atoms with Crippen molar-refractivity contribution in [2.75, 3.05) is 13.1 Å². The third kappa shape index (κ3) is 3.26. The van der Waals surface area contributed by atoms with Crippen LogP contribution < -0.4 is 0 Å². The molecule has 0 atom stereocenters. The smallest absolute Gasteiger partial charge is 0.338 e. The summed E-state index contributed by atoms with van der Waals surface area (Å²) in [5.41, 5.74) is -1.06. The fourth-order valence-corrected chi connectivity index (χ4v) is 2.05. The lowest BCUT2D eigenvalue weighted by Gasteiger charge is -2.31. The summed E-state index contributed by atoms with van der Waals surface area (Å²) in [7, 11) is 0. The van der Waals surface area contributed by atoms with Crippen molar-refractivity contribution in [3.63, 3.8) is 0 Å². The van der Waals surface area contributed by atoms with E-state index in [1.165, 1.54) is 6.07 Å². The molecule has 7 heteroatoms. The molecule has 1 aromatic rings. The van der Waals surface area contributed by atoms with Gasteiger partial charge in [0, 0.05) is 31.5 Å². The van der Waals surface area contributed by atoms with Crippen LogP contribution in [0, 0.1) is 0 Å². The Morgan fingerprint density at radius 1 is 1.15 bits per heavy atom. The van der Waals surface area contributed by atoms with Gasteiger partial charge in [-0.25, -0.2) is 8.78 Å². The number of alkyl halides is 5. The highest BCUT2D eigenvalue weighted by Gasteiger charge is 2.36. The van der Waals surface area contributed by atoms with Crippen molar-refractivity contribution in [1.29, 1.82) is 0 Å². The van der Waals surface area contributed by atoms with Crippen molar-refractivity contribution in [3.8, 4) is 0 Å². The molecule has 1 aromatic carbocycles. The molecule has 2 rings (SSSR count). The van der Waals surface area contributed by atoms with E-state index in [9.17, 15) is 26.7 Å². The molecule has 1 saturated heterocycles. The topological polar surface area (TPSA) is 20.3 Å². The summed E-state index contributed by atoms with van der Waals surface area (Å²) in [6.45, 7) is -0.301. The fourth-order valence-electron chi connectivity index (χ4n) is 2.05. The molecule has 20 heavy (non-hydrogen) atoms. The average Bonchev–Trinajstić information content (AvgIpc) is 2.37. The summed E-state index contributed by atoms with van der Waals surface area (Å²) < 4.78 is 63.6. The Hall–Kier alpha value is -1.66. The van der Waals surface area contributed by atoms with E-state index in [4.69, 9.17) is 0 Å². The van der Waals surface area contributed by atoms with Crippen LogP contribution in [-0.2, 0) is 6.18 Å². The van der Waals surface area contributed by atoms with Crippen molar-refractivity contribution < 1.29 is 26.7 Å². The van der Waals surface area contributed by atoms with Crippen molar-refractivity contribution in [1.82, 2.24) is 4.90 Å². The Balaban J connectivity index is 2.14. The van der Waals surface area contributed by atoms with Crippen LogP contribution in [0.4, 0.5) is 22.0 Å². The number of carbonyl (C=O) groups excluding carboxylic acids is 1. The van der Waals surface area contributed by atoms with Gasteiger partial charge in [-0.15, -0.1) is 0 Å². The molecule has 0 unspecified atom stereocenters. The quantitative estimate of drug-likeness (QED) is 0.725. The maximum atomic E-state index is 13.0. The van der Waals surface area contributed by atoms with Crippen molar-refractivity contribution in [3.05, 3.63) is 35.4 Å². The fraction of sp³-hybridized carbons (Fsp3) is 0.462. The van der Waals surface area contributed by atoms with E-state index in [0.29, 0.717) is 0 Å². The summed E-state index contributed by atoms with van der Waals surface area (Å²) in [6.07, 6.45) is -5.46. The highest BCUT2D eigenvalue weighted by Crippen LogP contribution is 2.31. The molecule has 0 N–H and O–H groups in total. The van der Waals surface area contributed by atoms with E-state index in [-0.39, 0.29) is 18.7 Å². The Labute approximate surface area is 112 Å². The molecule has 1 amide bonds. The number of likely N-dealkylation sites (tertiary alicyclic amines) is 1. The molecular formula is C13H12F5NO. The predicted molar refractivity (Wildman–Crippen MR) is 61.5 cm³/mol. The van der Waals surface area contributed by atoms with Gasteiger partial charge in [0.25, 0.3) is 11.8 Å². The Kier molecular flexibility index (Phi) is 3.71. The van der Waals surface area contributed by atoms with Crippen LogP contribution in [0.2, 0.25) is 0 Å². The first-order chi connectivity index (χ1) is 9.19. The number of carbonyl (C=O) groups is 1. The minimum atomic E-state index is -4.54. The van der Waals surface area contributed by atoms with E-state index in [1.807, 2.05) is 0 Å². The maximum absolute atomic E-state index is 13.0. The molecule has 1 aliphatic rings. The zero-order chi connectivity index (χ0) is 15.0. The minimum Gasteiger partial charge on any atom is -0.338 e. The standard InChI is InChI=1S/C13H12F5NO/c14-12(15)4-6-19(7-5-12)11(20)9-2-1-3-10(8-9)13(16,17)18/h1-3,8H,4-7H2. The maximum Gasteiger partial charge on any atom is 0.416 e. The molecule has 0 spiro atoms. The predicted octanol–water partition coefficient (Wildman–Crippen LogP) is 3.58. The van der Waals surface area contributed by atoms with Crippen LogP contribution in [0.5, 0.6) is 0 Å². The lowest BCUT2D eigenvalue weighted by molar-refractivity contribution is -0.137. The second-order valence-electron chi connectivity index (χ2n) is 4.73. The van der Waals surface area contributed by atoms with Gasteiger partial charge in [-0.2, -0.15) is 13.2 Å². The average molecular weight is 293 g/mol. The zero-order valence-corrected chi connectivity index (χ0v) is 10.4. The summed E-state index contributed by atoms with van der Waals surface area (Å²) in [4.78, 5) is 13.2. The number of halogens is 5. The normalized spacial score (nSPS) is 18.9.